The molecule has 6 heteroatoms. The first kappa shape index (κ1) is 74.6. The molecule has 0 radical (unpaired) electrons. The number of ether oxygens (including phenoxy) is 3. The van der Waals surface area contributed by atoms with Gasteiger partial charge in [0.1, 0.15) is 13.2 Å². The largest absolute Gasteiger partial charge is 0.462 e. The number of carbonyl (C=O) groups is 3. The Morgan fingerprint density at radius 3 is 0.859 bits per heavy atom. The van der Waals surface area contributed by atoms with Gasteiger partial charge in [0.15, 0.2) is 6.10 Å². The second-order valence-electron chi connectivity index (χ2n) is 22.3. The third kappa shape index (κ3) is 63.4. The Bertz CT molecular complexity index is 1480. The Morgan fingerprint density at radius 1 is 0.269 bits per heavy atom. The van der Waals surface area contributed by atoms with E-state index >= 15 is 0 Å². The molecule has 0 N–H and O–H groups in total. The zero-order valence-electron chi connectivity index (χ0n) is 51.7. The first-order chi connectivity index (χ1) is 38.5. The molecule has 0 aromatic rings. The van der Waals surface area contributed by atoms with Crippen molar-refractivity contribution in [3.63, 3.8) is 0 Å². The van der Waals surface area contributed by atoms with Gasteiger partial charge in [0.2, 0.25) is 0 Å². The van der Waals surface area contributed by atoms with Gasteiger partial charge >= 0.3 is 17.9 Å². The van der Waals surface area contributed by atoms with E-state index in [9.17, 15) is 14.4 Å². The Labute approximate surface area is 484 Å². The summed E-state index contributed by atoms with van der Waals surface area (Å²) in [6, 6.07) is 0. The Balaban J connectivity index is 4.20. The summed E-state index contributed by atoms with van der Waals surface area (Å²) in [5.41, 5.74) is 0. The maximum Gasteiger partial charge on any atom is 0.306 e. The van der Waals surface area contributed by atoms with Crippen molar-refractivity contribution in [2.24, 2.45) is 0 Å². The summed E-state index contributed by atoms with van der Waals surface area (Å²) in [4.78, 5) is 38.2. The van der Waals surface area contributed by atoms with Gasteiger partial charge in [0.25, 0.3) is 0 Å². The van der Waals surface area contributed by atoms with Crippen LogP contribution < -0.4 is 0 Å². The van der Waals surface area contributed by atoms with Crippen LogP contribution in [0.25, 0.3) is 0 Å². The Hall–Kier alpha value is -3.41. The average molecular weight is 1090 g/mol. The van der Waals surface area contributed by atoms with E-state index in [1.807, 2.05) is 0 Å². The van der Waals surface area contributed by atoms with Crippen molar-refractivity contribution in [2.45, 2.75) is 341 Å². The molecule has 0 amide bonds. The van der Waals surface area contributed by atoms with E-state index in [0.29, 0.717) is 19.3 Å². The van der Waals surface area contributed by atoms with Crippen molar-refractivity contribution in [1.82, 2.24) is 0 Å². The number of allylic oxidation sites excluding steroid dienone is 14. The summed E-state index contributed by atoms with van der Waals surface area (Å²) in [6.07, 6.45) is 87.7. The van der Waals surface area contributed by atoms with Crippen LogP contribution in [0.15, 0.2) is 85.1 Å². The highest BCUT2D eigenvalue weighted by Crippen LogP contribution is 2.17. The van der Waals surface area contributed by atoms with E-state index in [2.05, 4.69) is 106 Å². The van der Waals surface area contributed by atoms with Crippen LogP contribution in [-0.2, 0) is 28.6 Å². The summed E-state index contributed by atoms with van der Waals surface area (Å²) < 4.78 is 16.9. The molecule has 6 nitrogen and oxygen atoms in total. The van der Waals surface area contributed by atoms with Crippen LogP contribution in [0.5, 0.6) is 0 Å². The molecule has 0 spiro atoms. The van der Waals surface area contributed by atoms with Gasteiger partial charge in [-0.1, -0.05) is 292 Å². The minimum atomic E-state index is -0.809. The van der Waals surface area contributed by atoms with Crippen molar-refractivity contribution in [3.05, 3.63) is 85.1 Å². The highest BCUT2D eigenvalue weighted by molar-refractivity contribution is 5.71. The van der Waals surface area contributed by atoms with Crippen molar-refractivity contribution in [2.75, 3.05) is 13.2 Å². The predicted molar refractivity (Wildman–Crippen MR) is 339 cm³/mol. The lowest BCUT2D eigenvalue weighted by Gasteiger charge is -2.18. The van der Waals surface area contributed by atoms with Crippen molar-refractivity contribution < 1.29 is 28.6 Å². The monoisotopic (exact) mass is 1090 g/mol. The third-order valence-electron chi connectivity index (χ3n) is 14.6. The first-order valence-electron chi connectivity index (χ1n) is 33.6. The maximum atomic E-state index is 12.9. The fourth-order valence-electron chi connectivity index (χ4n) is 9.59. The topological polar surface area (TPSA) is 78.9 Å². The lowest BCUT2D eigenvalue weighted by atomic mass is 10.0. The quantitative estimate of drug-likeness (QED) is 0.0261. The van der Waals surface area contributed by atoms with Crippen LogP contribution >= 0.6 is 0 Å². The molecule has 0 aliphatic heterocycles. The zero-order valence-corrected chi connectivity index (χ0v) is 51.7. The molecule has 0 bridgehead atoms. The fraction of sp³-hybridized carbons (Fsp3) is 0.764. The molecule has 78 heavy (non-hydrogen) atoms. The highest BCUT2D eigenvalue weighted by Gasteiger charge is 2.19. The minimum absolute atomic E-state index is 0.0995. The van der Waals surface area contributed by atoms with Gasteiger partial charge < -0.3 is 14.2 Å². The number of hydrogen-bond donors (Lipinski definition) is 0. The number of esters is 3. The fourth-order valence-corrected chi connectivity index (χ4v) is 9.59. The number of carbonyl (C=O) groups excluding carboxylic acids is 3. The van der Waals surface area contributed by atoms with E-state index < -0.39 is 6.10 Å². The van der Waals surface area contributed by atoms with Gasteiger partial charge in [0, 0.05) is 19.3 Å². The van der Waals surface area contributed by atoms with E-state index in [-0.39, 0.29) is 37.5 Å². The number of rotatable bonds is 61. The van der Waals surface area contributed by atoms with Crippen molar-refractivity contribution in [3.8, 4) is 0 Å². The summed E-state index contributed by atoms with van der Waals surface area (Å²) in [5, 5.41) is 0. The molecule has 0 aromatic heterocycles. The van der Waals surface area contributed by atoms with Crippen LogP contribution in [0, 0.1) is 0 Å². The smallest absolute Gasteiger partial charge is 0.306 e. The van der Waals surface area contributed by atoms with Crippen LogP contribution in [-0.4, -0.2) is 37.2 Å². The molecule has 1 atom stereocenters. The zero-order chi connectivity index (χ0) is 56.4. The second-order valence-corrected chi connectivity index (χ2v) is 22.3. The molecule has 0 aromatic carbocycles. The summed E-state index contributed by atoms with van der Waals surface area (Å²) in [5.74, 6) is -0.956. The summed E-state index contributed by atoms with van der Waals surface area (Å²) in [6.45, 7) is 6.48. The molecule has 450 valence electrons. The predicted octanol–water partition coefficient (Wildman–Crippen LogP) is 23.1. The SMILES string of the molecule is CC/C=C\C/C=C\C/C=C\C/C=C\C/C=C\CCCC(=O)OC(COC(=O)CCCCCCC/C=C\CCCCC)COC(=O)CCCCCCCCCCCCCCCCCCCCC/C=C\CCCCCCCCCC. The molecule has 1 unspecified atom stereocenters. The maximum absolute atomic E-state index is 12.9. The minimum Gasteiger partial charge on any atom is -0.462 e. The second kappa shape index (κ2) is 66.1. The molecule has 0 rings (SSSR count). The molecule has 0 fully saturated rings. The molecule has 0 aliphatic carbocycles. The molecule has 0 heterocycles. The lowest BCUT2D eigenvalue weighted by Crippen LogP contribution is -2.30. The van der Waals surface area contributed by atoms with Crippen LogP contribution in [0.2, 0.25) is 0 Å². The van der Waals surface area contributed by atoms with Gasteiger partial charge in [-0.15, -0.1) is 0 Å². The standard InChI is InChI=1S/C72H126O6/c1-4-7-10-13-16-19-22-25-27-29-30-31-32-33-34-35-36-37-38-39-40-41-42-44-45-47-50-53-56-59-62-65-71(74)77-68-69(67-76-70(73)64-61-58-55-52-49-24-21-18-15-12-9-6-3)78-72(75)66-63-60-57-54-51-48-46-43-28-26-23-20-17-14-11-8-5-2/h8,11,17-18,20-21,26,28-30,46,48,54,57,69H,4-7,9-10,12-16,19,22-25,27,31-45,47,49-53,55-56,58-68H2,1-3H3/b11-8-,20-17-,21-18-,28-26-,30-29-,48-46-,57-54-. The van der Waals surface area contributed by atoms with Crippen LogP contribution in [0.4, 0.5) is 0 Å². The molecule has 0 saturated carbocycles. The van der Waals surface area contributed by atoms with E-state index in [4.69, 9.17) is 14.2 Å². The average Bonchev–Trinajstić information content (AvgIpc) is 3.44. The van der Waals surface area contributed by atoms with Gasteiger partial charge in [-0.2, -0.15) is 0 Å². The lowest BCUT2D eigenvalue weighted by molar-refractivity contribution is -0.167. The third-order valence-corrected chi connectivity index (χ3v) is 14.6. The van der Waals surface area contributed by atoms with Crippen molar-refractivity contribution >= 4 is 17.9 Å². The van der Waals surface area contributed by atoms with Crippen LogP contribution in [0.1, 0.15) is 335 Å². The number of unbranched alkanes of at least 4 members (excludes halogenated alkanes) is 36. The van der Waals surface area contributed by atoms with Gasteiger partial charge in [-0.3, -0.25) is 14.4 Å². The van der Waals surface area contributed by atoms with E-state index in [1.54, 1.807) is 0 Å². The van der Waals surface area contributed by atoms with Gasteiger partial charge in [-0.25, -0.2) is 0 Å². The van der Waals surface area contributed by atoms with E-state index in [1.165, 1.54) is 199 Å². The number of hydrogen-bond acceptors (Lipinski definition) is 6. The molecular weight excluding hydrogens is 961 g/mol. The van der Waals surface area contributed by atoms with Crippen molar-refractivity contribution in [1.29, 1.82) is 0 Å². The normalized spacial score (nSPS) is 12.6. The van der Waals surface area contributed by atoms with Gasteiger partial charge in [0.05, 0.1) is 0 Å². The first-order valence-corrected chi connectivity index (χ1v) is 33.6. The summed E-state index contributed by atoms with van der Waals surface area (Å²) in [7, 11) is 0. The van der Waals surface area contributed by atoms with Gasteiger partial charge in [-0.05, 0) is 109 Å². The molecular formula is C72H126O6. The molecule has 0 saturated heterocycles. The Kier molecular flexibility index (Phi) is 63.2. The van der Waals surface area contributed by atoms with E-state index in [0.717, 1.165) is 89.9 Å². The Morgan fingerprint density at radius 2 is 0.513 bits per heavy atom. The van der Waals surface area contributed by atoms with Crippen LogP contribution in [0.3, 0.4) is 0 Å². The summed E-state index contributed by atoms with van der Waals surface area (Å²) >= 11 is 0. The highest BCUT2D eigenvalue weighted by atomic mass is 16.6. The molecule has 0 aliphatic rings.